The first-order chi connectivity index (χ1) is 8.29. The Morgan fingerprint density at radius 1 is 1.29 bits per heavy atom. The van der Waals surface area contributed by atoms with Gasteiger partial charge in [0.1, 0.15) is 0 Å². The predicted molar refractivity (Wildman–Crippen MR) is 73.2 cm³/mol. The van der Waals surface area contributed by atoms with Crippen LogP contribution in [0.2, 0.25) is 0 Å². The second-order valence-corrected chi connectivity index (χ2v) is 4.90. The van der Waals surface area contributed by atoms with Crippen LogP contribution in [0.5, 0.6) is 0 Å². The van der Waals surface area contributed by atoms with E-state index in [-0.39, 0.29) is 0 Å². The van der Waals surface area contributed by atoms with Gasteiger partial charge in [-0.1, -0.05) is 31.2 Å². The highest BCUT2D eigenvalue weighted by molar-refractivity contribution is 7.07. The van der Waals surface area contributed by atoms with Crippen molar-refractivity contribution in [3.8, 4) is 0 Å². The van der Waals surface area contributed by atoms with E-state index in [1.165, 1.54) is 11.1 Å². The largest absolute Gasteiger partial charge is 0.305 e. The topological polar surface area (TPSA) is 24.9 Å². The Balaban J connectivity index is 1.92. The van der Waals surface area contributed by atoms with E-state index < -0.39 is 0 Å². The van der Waals surface area contributed by atoms with Gasteiger partial charge in [0.05, 0.1) is 11.2 Å². The highest BCUT2D eigenvalue weighted by atomic mass is 32.1. The number of hydrogen-bond acceptors (Lipinski definition) is 3. The van der Waals surface area contributed by atoms with Crippen molar-refractivity contribution in [1.29, 1.82) is 0 Å². The molecule has 1 heterocycles. The third-order valence-electron chi connectivity index (χ3n) is 2.96. The van der Waals surface area contributed by atoms with Crippen molar-refractivity contribution in [1.82, 2.24) is 10.3 Å². The average molecular weight is 246 g/mol. The van der Waals surface area contributed by atoms with E-state index in [2.05, 4.69) is 53.8 Å². The van der Waals surface area contributed by atoms with E-state index in [1.807, 2.05) is 5.51 Å². The number of aromatic nitrogens is 1. The Labute approximate surface area is 107 Å². The van der Waals surface area contributed by atoms with Gasteiger partial charge in [0.2, 0.25) is 0 Å². The summed E-state index contributed by atoms with van der Waals surface area (Å²) in [7, 11) is 0. The molecule has 1 unspecified atom stereocenters. The zero-order valence-electron chi connectivity index (χ0n) is 10.3. The first-order valence-corrected chi connectivity index (χ1v) is 6.93. The lowest BCUT2D eigenvalue weighted by atomic mass is 10.1. The van der Waals surface area contributed by atoms with Crippen molar-refractivity contribution < 1.29 is 0 Å². The van der Waals surface area contributed by atoms with E-state index in [9.17, 15) is 0 Å². The first kappa shape index (κ1) is 12.3. The van der Waals surface area contributed by atoms with Gasteiger partial charge in [0, 0.05) is 18.0 Å². The van der Waals surface area contributed by atoms with Crippen LogP contribution in [0.4, 0.5) is 0 Å². The molecule has 0 saturated heterocycles. The highest BCUT2D eigenvalue weighted by Gasteiger charge is 2.05. The van der Waals surface area contributed by atoms with Crippen LogP contribution in [0, 0.1) is 0 Å². The third-order valence-corrected chi connectivity index (χ3v) is 3.60. The van der Waals surface area contributed by atoms with Crippen molar-refractivity contribution in [2.45, 2.75) is 32.9 Å². The lowest BCUT2D eigenvalue weighted by Gasteiger charge is -2.13. The van der Waals surface area contributed by atoms with Crippen molar-refractivity contribution in [2.24, 2.45) is 0 Å². The van der Waals surface area contributed by atoms with Crippen molar-refractivity contribution in [2.75, 3.05) is 0 Å². The second-order valence-electron chi connectivity index (χ2n) is 4.18. The number of nitrogens with zero attached hydrogens (tertiary/aromatic N) is 1. The molecule has 2 rings (SSSR count). The van der Waals surface area contributed by atoms with Crippen LogP contribution in [0.25, 0.3) is 0 Å². The smallest absolute Gasteiger partial charge is 0.0795 e. The minimum Gasteiger partial charge on any atom is -0.305 e. The average Bonchev–Trinajstić information content (AvgIpc) is 2.89. The van der Waals surface area contributed by atoms with Gasteiger partial charge in [-0.2, -0.15) is 0 Å². The Morgan fingerprint density at radius 3 is 2.65 bits per heavy atom. The molecule has 2 aromatic rings. The molecule has 0 aliphatic carbocycles. The van der Waals surface area contributed by atoms with E-state index in [0.717, 1.165) is 18.7 Å². The zero-order valence-corrected chi connectivity index (χ0v) is 11.1. The SMILES string of the molecule is CCc1ccc(C(C)NCc2cscn2)cc1. The monoisotopic (exact) mass is 246 g/mol. The molecule has 0 amide bonds. The van der Waals surface area contributed by atoms with Crippen LogP contribution in [0.15, 0.2) is 35.2 Å². The summed E-state index contributed by atoms with van der Waals surface area (Å²) >= 11 is 1.64. The van der Waals surface area contributed by atoms with Gasteiger partial charge < -0.3 is 5.32 Å². The summed E-state index contributed by atoms with van der Waals surface area (Å²) in [4.78, 5) is 4.27. The fraction of sp³-hybridized carbons (Fsp3) is 0.357. The van der Waals surface area contributed by atoms with Crippen LogP contribution < -0.4 is 5.32 Å². The van der Waals surface area contributed by atoms with Crippen molar-refractivity contribution in [3.63, 3.8) is 0 Å². The fourth-order valence-electron chi connectivity index (χ4n) is 1.74. The highest BCUT2D eigenvalue weighted by Crippen LogP contribution is 2.14. The summed E-state index contributed by atoms with van der Waals surface area (Å²) < 4.78 is 0. The fourth-order valence-corrected chi connectivity index (χ4v) is 2.30. The molecule has 2 nitrogen and oxygen atoms in total. The Hall–Kier alpha value is -1.19. The molecule has 0 bridgehead atoms. The molecule has 0 spiro atoms. The minimum atomic E-state index is 0.364. The van der Waals surface area contributed by atoms with Crippen LogP contribution in [-0.4, -0.2) is 4.98 Å². The number of benzene rings is 1. The van der Waals surface area contributed by atoms with E-state index in [1.54, 1.807) is 11.3 Å². The van der Waals surface area contributed by atoms with Crippen LogP contribution in [0.3, 0.4) is 0 Å². The maximum absolute atomic E-state index is 4.27. The third kappa shape index (κ3) is 3.38. The predicted octanol–water partition coefficient (Wildman–Crippen LogP) is 3.56. The summed E-state index contributed by atoms with van der Waals surface area (Å²) in [5.74, 6) is 0. The van der Waals surface area contributed by atoms with Crippen molar-refractivity contribution >= 4 is 11.3 Å². The molecular formula is C14H18N2S. The number of rotatable bonds is 5. The molecule has 0 aliphatic heterocycles. The summed E-state index contributed by atoms with van der Waals surface area (Å²) in [6.07, 6.45) is 1.10. The second kappa shape index (κ2) is 5.94. The van der Waals surface area contributed by atoms with Gasteiger partial charge in [-0.15, -0.1) is 11.3 Å². The van der Waals surface area contributed by atoms with Crippen LogP contribution in [-0.2, 0) is 13.0 Å². The van der Waals surface area contributed by atoms with Gasteiger partial charge in [-0.25, -0.2) is 4.98 Å². The molecule has 1 aromatic carbocycles. The molecule has 0 radical (unpaired) electrons. The molecule has 0 aliphatic rings. The number of nitrogens with one attached hydrogen (secondary N) is 1. The zero-order chi connectivity index (χ0) is 12.1. The van der Waals surface area contributed by atoms with Crippen LogP contribution in [0.1, 0.15) is 36.7 Å². The van der Waals surface area contributed by atoms with Gasteiger partial charge in [0.15, 0.2) is 0 Å². The summed E-state index contributed by atoms with van der Waals surface area (Å²) in [5.41, 5.74) is 5.71. The van der Waals surface area contributed by atoms with E-state index in [0.29, 0.717) is 6.04 Å². The lowest BCUT2D eigenvalue weighted by molar-refractivity contribution is 0.569. The maximum Gasteiger partial charge on any atom is 0.0795 e. The Bertz CT molecular complexity index is 434. The number of hydrogen-bond donors (Lipinski definition) is 1. The molecular weight excluding hydrogens is 228 g/mol. The van der Waals surface area contributed by atoms with Gasteiger partial charge in [0.25, 0.3) is 0 Å². The number of aryl methyl sites for hydroxylation is 1. The molecule has 1 aromatic heterocycles. The molecule has 0 fully saturated rings. The molecule has 90 valence electrons. The van der Waals surface area contributed by atoms with E-state index in [4.69, 9.17) is 0 Å². The minimum absolute atomic E-state index is 0.364. The van der Waals surface area contributed by atoms with Crippen LogP contribution >= 0.6 is 11.3 Å². The van der Waals surface area contributed by atoms with E-state index >= 15 is 0 Å². The Kier molecular flexibility index (Phi) is 4.29. The van der Waals surface area contributed by atoms with Crippen molar-refractivity contribution in [3.05, 3.63) is 52.0 Å². The summed E-state index contributed by atoms with van der Waals surface area (Å²) in [6, 6.07) is 9.18. The van der Waals surface area contributed by atoms with Gasteiger partial charge >= 0.3 is 0 Å². The quantitative estimate of drug-likeness (QED) is 0.872. The van der Waals surface area contributed by atoms with Gasteiger partial charge in [-0.3, -0.25) is 0 Å². The molecule has 17 heavy (non-hydrogen) atoms. The van der Waals surface area contributed by atoms with Gasteiger partial charge in [-0.05, 0) is 24.5 Å². The molecule has 3 heteroatoms. The lowest BCUT2D eigenvalue weighted by Crippen LogP contribution is -2.18. The maximum atomic E-state index is 4.27. The Morgan fingerprint density at radius 2 is 2.06 bits per heavy atom. The standard InChI is InChI=1S/C14H18N2S/c1-3-12-4-6-13(7-5-12)11(2)15-8-14-9-17-10-16-14/h4-7,9-11,15H,3,8H2,1-2H3. The summed E-state index contributed by atoms with van der Waals surface area (Å²) in [5, 5.41) is 5.57. The summed E-state index contributed by atoms with van der Waals surface area (Å²) in [6.45, 7) is 5.20. The molecule has 1 N–H and O–H groups in total. The number of thiazole rings is 1. The molecule has 0 saturated carbocycles. The molecule has 1 atom stereocenters. The normalized spacial score (nSPS) is 12.6. The first-order valence-electron chi connectivity index (χ1n) is 5.99.